The van der Waals surface area contributed by atoms with Gasteiger partial charge < -0.3 is 4.90 Å². The van der Waals surface area contributed by atoms with Crippen LogP contribution in [-0.4, -0.2) is 20.8 Å². The molecular formula is C47H38BN. The number of aryl methyl sites for hydroxylation is 1. The van der Waals surface area contributed by atoms with Gasteiger partial charge in [-0.05, 0) is 68.1 Å². The van der Waals surface area contributed by atoms with E-state index >= 15 is 0 Å². The third-order valence-corrected chi connectivity index (χ3v) is 9.83. The summed E-state index contributed by atoms with van der Waals surface area (Å²) < 4.78 is 0. The minimum atomic E-state index is -0.0677. The van der Waals surface area contributed by atoms with Crippen molar-refractivity contribution in [3.63, 3.8) is 0 Å². The van der Waals surface area contributed by atoms with Crippen LogP contribution in [0.3, 0.4) is 0 Å². The Morgan fingerprint density at radius 3 is 1.43 bits per heavy atom. The topological polar surface area (TPSA) is 3.24 Å². The van der Waals surface area contributed by atoms with E-state index in [1.54, 1.807) is 0 Å². The molecule has 0 saturated heterocycles. The highest BCUT2D eigenvalue weighted by molar-refractivity contribution is 7.01. The summed E-state index contributed by atoms with van der Waals surface area (Å²) in [4.78, 5) is 2.24. The van der Waals surface area contributed by atoms with Gasteiger partial charge in [0.05, 0.1) is 0 Å². The maximum absolute atomic E-state index is 2.40. The standard InChI is InChI=1S/C47H38BN/c1-33-20-22-37(23-21-33)46(44-18-10-11-19-45(44)49(2)3)47(41-25-24-34-12-4-7-15-38(34)30-41)48(42-28-26-35-13-5-8-16-39(35)31-42)43-29-27-36-14-6-9-17-40(36)32-43/h4-32H,1-3H3/b47-46-. The highest BCUT2D eigenvalue weighted by Gasteiger charge is 2.31. The maximum atomic E-state index is 2.40. The summed E-state index contributed by atoms with van der Waals surface area (Å²) in [6.45, 7) is 2.10. The maximum Gasteiger partial charge on any atom is 0.242 e. The fraction of sp³-hybridized carbons (Fsp3) is 0.0638. The molecular weight excluding hydrogens is 589 g/mol. The summed E-state index contributed by atoms with van der Waals surface area (Å²) in [6.07, 6.45) is 0. The zero-order valence-corrected chi connectivity index (χ0v) is 28.3. The minimum absolute atomic E-state index is 0.0677. The first-order valence-electron chi connectivity index (χ1n) is 17.1. The Balaban J connectivity index is 1.55. The van der Waals surface area contributed by atoms with Crippen LogP contribution in [0.5, 0.6) is 0 Å². The van der Waals surface area contributed by atoms with Crippen LogP contribution in [-0.2, 0) is 0 Å². The molecule has 0 aliphatic heterocycles. The number of para-hydroxylation sites is 1. The van der Waals surface area contributed by atoms with Crippen molar-refractivity contribution < 1.29 is 0 Å². The lowest BCUT2D eigenvalue weighted by Crippen LogP contribution is -2.44. The molecule has 8 rings (SSSR count). The monoisotopic (exact) mass is 627 g/mol. The van der Waals surface area contributed by atoms with E-state index in [0.29, 0.717) is 0 Å². The molecule has 1 nitrogen and oxygen atoms in total. The van der Waals surface area contributed by atoms with E-state index in [2.05, 4.69) is 202 Å². The predicted molar refractivity (Wildman–Crippen MR) is 215 cm³/mol. The predicted octanol–water partition coefficient (Wildman–Crippen LogP) is 10.3. The fourth-order valence-corrected chi connectivity index (χ4v) is 7.36. The van der Waals surface area contributed by atoms with Crippen molar-refractivity contribution in [3.05, 3.63) is 198 Å². The Morgan fingerprint density at radius 1 is 0.429 bits per heavy atom. The summed E-state index contributed by atoms with van der Waals surface area (Å²) in [6, 6.07) is 65.1. The Morgan fingerprint density at radius 2 is 0.878 bits per heavy atom. The molecule has 2 heteroatoms. The van der Waals surface area contributed by atoms with Crippen LogP contribution in [0.2, 0.25) is 0 Å². The van der Waals surface area contributed by atoms with Gasteiger partial charge >= 0.3 is 0 Å². The van der Waals surface area contributed by atoms with Gasteiger partial charge in [-0.15, -0.1) is 0 Å². The van der Waals surface area contributed by atoms with Crippen molar-refractivity contribution >= 4 is 66.7 Å². The number of fused-ring (bicyclic) bond motifs is 3. The first kappa shape index (κ1) is 30.5. The van der Waals surface area contributed by atoms with Gasteiger partial charge in [0, 0.05) is 25.3 Å². The Bertz CT molecular complexity index is 2410. The number of hydrogen-bond donors (Lipinski definition) is 0. The number of anilines is 1. The average Bonchev–Trinajstić information content (AvgIpc) is 3.15. The first-order valence-corrected chi connectivity index (χ1v) is 17.1. The summed E-state index contributed by atoms with van der Waals surface area (Å²) >= 11 is 0. The molecule has 8 aromatic rings. The molecule has 49 heavy (non-hydrogen) atoms. The van der Waals surface area contributed by atoms with Crippen LogP contribution in [0.15, 0.2) is 176 Å². The fourth-order valence-electron chi connectivity index (χ4n) is 7.36. The smallest absolute Gasteiger partial charge is 0.242 e. The number of benzene rings is 8. The molecule has 0 atom stereocenters. The van der Waals surface area contributed by atoms with Crippen LogP contribution in [0.4, 0.5) is 5.69 Å². The van der Waals surface area contributed by atoms with Crippen LogP contribution in [0.1, 0.15) is 22.3 Å². The lowest BCUT2D eigenvalue weighted by Gasteiger charge is -2.27. The van der Waals surface area contributed by atoms with Crippen molar-refractivity contribution in [2.75, 3.05) is 19.0 Å². The average molecular weight is 628 g/mol. The number of nitrogens with zero attached hydrogens (tertiary/aromatic N) is 1. The van der Waals surface area contributed by atoms with Gasteiger partial charge in [-0.3, -0.25) is 0 Å². The summed E-state index contributed by atoms with van der Waals surface area (Å²) in [5.41, 5.74) is 11.1. The first-order chi connectivity index (χ1) is 24.0. The molecule has 0 aromatic heterocycles. The van der Waals surface area contributed by atoms with E-state index in [4.69, 9.17) is 0 Å². The number of hydrogen-bond acceptors (Lipinski definition) is 1. The third-order valence-electron chi connectivity index (χ3n) is 9.83. The van der Waals surface area contributed by atoms with Crippen LogP contribution in [0, 0.1) is 6.92 Å². The van der Waals surface area contributed by atoms with Crippen molar-refractivity contribution in [1.29, 1.82) is 0 Å². The molecule has 0 bridgehead atoms. The third kappa shape index (κ3) is 5.92. The second-order valence-electron chi connectivity index (χ2n) is 13.3. The van der Waals surface area contributed by atoms with Gasteiger partial charge in [0.25, 0.3) is 0 Å². The van der Waals surface area contributed by atoms with Crippen LogP contribution < -0.4 is 15.8 Å². The Hall–Kier alpha value is -5.86. The zero-order chi connectivity index (χ0) is 33.3. The summed E-state index contributed by atoms with van der Waals surface area (Å²) in [7, 11) is 4.29. The molecule has 0 aliphatic carbocycles. The van der Waals surface area contributed by atoms with Crippen LogP contribution >= 0.6 is 0 Å². The molecule has 0 heterocycles. The van der Waals surface area contributed by atoms with Gasteiger partial charge in [-0.2, -0.15) is 0 Å². The Labute approximate surface area is 289 Å². The molecule has 0 fully saturated rings. The normalized spacial score (nSPS) is 11.9. The molecule has 234 valence electrons. The van der Waals surface area contributed by atoms with Gasteiger partial charge in [-0.1, -0.05) is 186 Å². The molecule has 0 N–H and O–H groups in total. The second kappa shape index (κ2) is 13.0. The molecule has 0 radical (unpaired) electrons. The van der Waals surface area contributed by atoms with Gasteiger partial charge in [0.2, 0.25) is 6.71 Å². The molecule has 0 saturated carbocycles. The SMILES string of the molecule is Cc1ccc(/C(=C(/B(c2ccc3ccccc3c2)c2ccc3ccccc3c2)c2ccc3ccccc3c2)c2ccccc2N(C)C)cc1. The largest absolute Gasteiger partial charge is 0.377 e. The lowest BCUT2D eigenvalue weighted by atomic mass is 9.34. The molecule has 0 amide bonds. The van der Waals surface area contributed by atoms with Crippen molar-refractivity contribution in [2.24, 2.45) is 0 Å². The van der Waals surface area contributed by atoms with Crippen molar-refractivity contribution in [1.82, 2.24) is 0 Å². The summed E-state index contributed by atoms with van der Waals surface area (Å²) in [5, 5.41) is 7.46. The van der Waals surface area contributed by atoms with Gasteiger partial charge in [-0.25, -0.2) is 0 Å². The molecule has 8 aromatic carbocycles. The van der Waals surface area contributed by atoms with Gasteiger partial charge in [0.15, 0.2) is 0 Å². The van der Waals surface area contributed by atoms with E-state index in [9.17, 15) is 0 Å². The zero-order valence-electron chi connectivity index (χ0n) is 28.3. The number of rotatable bonds is 7. The van der Waals surface area contributed by atoms with E-state index in [1.165, 1.54) is 82.2 Å². The lowest BCUT2D eigenvalue weighted by molar-refractivity contribution is 1.13. The molecule has 0 spiro atoms. The van der Waals surface area contributed by atoms with E-state index in [1.807, 2.05) is 0 Å². The quantitative estimate of drug-likeness (QED) is 0.126. The highest BCUT2D eigenvalue weighted by atomic mass is 15.1. The van der Waals surface area contributed by atoms with Gasteiger partial charge in [0.1, 0.15) is 0 Å². The van der Waals surface area contributed by atoms with Crippen molar-refractivity contribution in [2.45, 2.75) is 6.92 Å². The van der Waals surface area contributed by atoms with E-state index in [0.717, 1.165) is 0 Å². The highest BCUT2D eigenvalue weighted by Crippen LogP contribution is 2.39. The Kier molecular flexibility index (Phi) is 8.07. The molecule has 0 aliphatic rings. The van der Waals surface area contributed by atoms with E-state index < -0.39 is 0 Å². The van der Waals surface area contributed by atoms with E-state index in [-0.39, 0.29) is 6.71 Å². The molecule has 0 unspecified atom stereocenters. The second-order valence-corrected chi connectivity index (χ2v) is 13.3. The minimum Gasteiger partial charge on any atom is -0.377 e. The summed E-state index contributed by atoms with van der Waals surface area (Å²) in [5.74, 6) is 0. The van der Waals surface area contributed by atoms with Crippen molar-refractivity contribution in [3.8, 4) is 0 Å². The van der Waals surface area contributed by atoms with Crippen LogP contribution in [0.25, 0.3) is 43.4 Å².